The maximum absolute atomic E-state index is 14.0. The molecule has 2 saturated heterocycles. The average Bonchev–Trinajstić information content (AvgIpc) is 2.99. The average molecular weight is 664 g/mol. The zero-order chi connectivity index (χ0) is 33.0. The van der Waals surface area contributed by atoms with E-state index in [1.807, 2.05) is 36.9 Å². The number of likely N-dealkylation sites (tertiary alicyclic amines) is 1. The Morgan fingerprint density at radius 2 is 1.67 bits per heavy atom. The molecule has 4 fully saturated rings. The number of ether oxygens (including phenoxy) is 3. The van der Waals surface area contributed by atoms with Gasteiger partial charge in [-0.15, -0.1) is 19.0 Å². The highest BCUT2D eigenvalue weighted by atomic mass is 35.5. The summed E-state index contributed by atoms with van der Waals surface area (Å²) < 4.78 is 17.5. The molecule has 2 heterocycles. The van der Waals surface area contributed by atoms with Crippen molar-refractivity contribution in [2.45, 2.75) is 108 Å². The molecule has 2 aliphatic heterocycles. The van der Waals surface area contributed by atoms with Gasteiger partial charge in [-0.2, -0.15) is 0 Å². The van der Waals surface area contributed by atoms with Crippen LogP contribution < -0.4 is 0 Å². The second kappa shape index (κ2) is 12.9. The number of halogens is 1. The van der Waals surface area contributed by atoms with Gasteiger partial charge in [0.2, 0.25) is 0 Å². The van der Waals surface area contributed by atoms with Crippen LogP contribution in [0.4, 0.5) is 0 Å². The summed E-state index contributed by atoms with van der Waals surface area (Å²) in [6, 6.07) is 10.3. The molecule has 0 bridgehead atoms. The number of aliphatic hydroxyl groups excluding tert-OH is 2. The Morgan fingerprint density at radius 3 is 2.28 bits per heavy atom. The Morgan fingerprint density at radius 1 is 1.04 bits per heavy atom. The largest absolute Gasteiger partial charge is 0.454 e. The summed E-state index contributed by atoms with van der Waals surface area (Å²) in [5.74, 6) is -2.52. The summed E-state index contributed by atoms with van der Waals surface area (Å²) in [6.07, 6.45) is -0.198. The number of aliphatic hydroxyl groups is 3. The van der Waals surface area contributed by atoms with Crippen LogP contribution in [0.2, 0.25) is 0 Å². The van der Waals surface area contributed by atoms with Gasteiger partial charge < -0.3 is 29.5 Å². The van der Waals surface area contributed by atoms with Crippen molar-refractivity contribution >= 4 is 30.1 Å². The highest BCUT2D eigenvalue weighted by molar-refractivity contribution is 5.92. The number of fused-ring (bicyclic) bond motifs is 3. The number of ketones is 1. The number of hydrogen-bond acceptors (Lipinski definition) is 10. The van der Waals surface area contributed by atoms with Gasteiger partial charge in [-0.1, -0.05) is 57.2 Å². The van der Waals surface area contributed by atoms with E-state index in [-0.39, 0.29) is 25.4 Å². The topological polar surface area (TPSA) is 143 Å². The molecule has 0 unspecified atom stereocenters. The highest BCUT2D eigenvalue weighted by Crippen LogP contribution is 2.67. The minimum atomic E-state index is -2.32. The molecule has 0 amide bonds. The molecule has 3 N–H and O–H groups in total. The first-order valence-electron chi connectivity index (χ1n) is 16.1. The van der Waals surface area contributed by atoms with Crippen LogP contribution in [0.1, 0.15) is 78.2 Å². The molecule has 46 heavy (non-hydrogen) atoms. The summed E-state index contributed by atoms with van der Waals surface area (Å²) in [7, 11) is 0. The van der Waals surface area contributed by atoms with E-state index in [9.17, 15) is 29.7 Å². The van der Waals surface area contributed by atoms with Crippen molar-refractivity contribution < 1.29 is 43.9 Å². The molecule has 4 aliphatic rings. The molecule has 5 rings (SSSR count). The minimum absolute atomic E-state index is 0. The number of Topliss-reactive ketones (excluding diaryl/α,β-unsaturated/α-hetero) is 1. The Kier molecular flexibility index (Phi) is 10.3. The van der Waals surface area contributed by atoms with Gasteiger partial charge in [-0.05, 0) is 69.5 Å². The van der Waals surface area contributed by atoms with E-state index in [2.05, 4.69) is 18.7 Å². The monoisotopic (exact) mass is 663 g/mol. The van der Waals surface area contributed by atoms with Crippen molar-refractivity contribution in [2.75, 3.05) is 26.2 Å². The molecular formula is C35H50ClNO9. The number of rotatable bonds is 7. The van der Waals surface area contributed by atoms with Gasteiger partial charge >= 0.3 is 11.9 Å². The first kappa shape index (κ1) is 36.5. The summed E-state index contributed by atoms with van der Waals surface area (Å²) in [5, 5.41) is 35.9. The van der Waals surface area contributed by atoms with E-state index < -0.39 is 76.2 Å². The number of carbonyl (C=O) groups is 3. The predicted octanol–water partition coefficient (Wildman–Crippen LogP) is 3.34. The van der Waals surface area contributed by atoms with E-state index in [1.54, 1.807) is 13.8 Å². The third-order valence-corrected chi connectivity index (χ3v) is 11.5. The van der Waals surface area contributed by atoms with Gasteiger partial charge in [0.1, 0.15) is 5.60 Å². The number of benzene rings is 1. The third-order valence-electron chi connectivity index (χ3n) is 11.5. The standard InChI is InChI=1S/C35H49NO9.ClH/c1-7-32(4)19-25(38)35(42)33(5)24(37)13-16-31(2,3)29(33)28(41)30(34(35,6)45-32)44-27(40)21-43-26(39)20-36-17-14-23(15-18-36)22-11-9-8-10-12-22;/h7-12,23-24,28-30,37,41-42H,1,13-21H2,2-6H3;1H/t24-,28-,29-,30-,32-,33-,34+,35-;/m0./s1. The van der Waals surface area contributed by atoms with Crippen LogP contribution >= 0.6 is 12.4 Å². The van der Waals surface area contributed by atoms with E-state index in [4.69, 9.17) is 14.2 Å². The van der Waals surface area contributed by atoms with Gasteiger partial charge in [-0.25, -0.2) is 4.79 Å². The quantitative estimate of drug-likeness (QED) is 0.294. The Hall–Kier alpha value is -2.34. The van der Waals surface area contributed by atoms with Crippen molar-refractivity contribution in [1.82, 2.24) is 4.90 Å². The lowest BCUT2D eigenvalue weighted by Gasteiger charge is -2.71. The van der Waals surface area contributed by atoms with Gasteiger partial charge in [0.25, 0.3) is 0 Å². The van der Waals surface area contributed by atoms with Crippen molar-refractivity contribution in [3.8, 4) is 0 Å². The summed E-state index contributed by atoms with van der Waals surface area (Å²) in [6.45, 7) is 13.1. The number of hydrogen-bond donors (Lipinski definition) is 3. The molecule has 0 spiro atoms. The second-order valence-corrected chi connectivity index (χ2v) is 14.9. The molecule has 2 aliphatic carbocycles. The SMILES string of the molecule is C=C[C@@]1(C)CC(=O)[C@]2(O)[C@@]3(C)[C@@H](O)CCC(C)(C)[C@@H]3[C@H](O)[C@H](OC(=O)COC(=O)CN3CCC(c4ccccc4)CC3)[C@@]2(C)O1.Cl. The zero-order valence-electron chi connectivity index (χ0n) is 27.6. The van der Waals surface area contributed by atoms with E-state index in [0.29, 0.717) is 18.8 Å². The van der Waals surface area contributed by atoms with Crippen molar-refractivity contribution in [2.24, 2.45) is 16.7 Å². The lowest BCUT2D eigenvalue weighted by molar-refractivity contribution is -0.370. The first-order chi connectivity index (χ1) is 21.0. The molecule has 8 atom stereocenters. The fourth-order valence-electron chi connectivity index (χ4n) is 9.17. The molecule has 1 aromatic carbocycles. The molecule has 256 valence electrons. The van der Waals surface area contributed by atoms with Crippen LogP contribution in [-0.4, -0.2) is 99.3 Å². The molecule has 1 aromatic rings. The summed E-state index contributed by atoms with van der Waals surface area (Å²) in [5.41, 5.74) is -6.40. The zero-order valence-corrected chi connectivity index (χ0v) is 28.4. The number of nitrogens with zero attached hydrogens (tertiary/aromatic N) is 1. The van der Waals surface area contributed by atoms with Crippen LogP contribution in [0.5, 0.6) is 0 Å². The lowest BCUT2D eigenvalue weighted by atomic mass is 9.40. The fraction of sp³-hybridized carbons (Fsp3) is 0.686. The fourth-order valence-corrected chi connectivity index (χ4v) is 9.17. The van der Waals surface area contributed by atoms with Crippen LogP contribution in [0.25, 0.3) is 0 Å². The summed E-state index contributed by atoms with van der Waals surface area (Å²) in [4.78, 5) is 42.0. The van der Waals surface area contributed by atoms with Crippen LogP contribution in [0, 0.1) is 16.7 Å². The normalized spacial score (nSPS) is 39.3. The highest BCUT2D eigenvalue weighted by Gasteiger charge is 2.81. The van der Waals surface area contributed by atoms with E-state index >= 15 is 0 Å². The molecule has 0 aromatic heterocycles. The van der Waals surface area contributed by atoms with Gasteiger partial charge in [0.15, 0.2) is 24.1 Å². The summed E-state index contributed by atoms with van der Waals surface area (Å²) >= 11 is 0. The molecule has 0 radical (unpaired) electrons. The van der Waals surface area contributed by atoms with Crippen molar-refractivity contribution in [1.29, 1.82) is 0 Å². The number of piperidine rings is 1. The molecule has 2 saturated carbocycles. The predicted molar refractivity (Wildman–Crippen MR) is 172 cm³/mol. The smallest absolute Gasteiger partial charge is 0.344 e. The Bertz CT molecular complexity index is 1320. The Labute approximate surface area is 277 Å². The number of carbonyl (C=O) groups excluding carboxylic acids is 3. The van der Waals surface area contributed by atoms with Crippen molar-refractivity contribution in [3.63, 3.8) is 0 Å². The Balaban J connectivity index is 0.00000480. The maximum Gasteiger partial charge on any atom is 0.344 e. The van der Waals surface area contributed by atoms with Crippen LogP contribution in [0.15, 0.2) is 43.0 Å². The molecule has 11 heteroatoms. The maximum atomic E-state index is 14.0. The minimum Gasteiger partial charge on any atom is -0.454 e. The van der Waals surface area contributed by atoms with Crippen LogP contribution in [0.3, 0.4) is 0 Å². The lowest BCUT2D eigenvalue weighted by Crippen LogP contribution is -2.86. The number of esters is 2. The van der Waals surface area contributed by atoms with E-state index in [0.717, 1.165) is 25.9 Å². The van der Waals surface area contributed by atoms with Gasteiger partial charge in [0, 0.05) is 17.8 Å². The third kappa shape index (κ3) is 5.83. The molecular weight excluding hydrogens is 614 g/mol. The van der Waals surface area contributed by atoms with Gasteiger partial charge in [0.05, 0.1) is 24.4 Å². The van der Waals surface area contributed by atoms with Gasteiger partial charge in [-0.3, -0.25) is 14.5 Å². The van der Waals surface area contributed by atoms with E-state index in [1.165, 1.54) is 18.6 Å². The first-order valence-corrected chi connectivity index (χ1v) is 16.1. The van der Waals surface area contributed by atoms with Crippen molar-refractivity contribution in [3.05, 3.63) is 48.6 Å². The second-order valence-electron chi connectivity index (χ2n) is 14.9. The van der Waals surface area contributed by atoms with Crippen LogP contribution in [-0.2, 0) is 28.6 Å². The molecule has 10 nitrogen and oxygen atoms in total.